The van der Waals surface area contributed by atoms with Crippen molar-refractivity contribution in [1.29, 1.82) is 0 Å². The Bertz CT molecular complexity index is 1500. The molecule has 0 fully saturated rings. The Labute approximate surface area is 490 Å². The number of unbranched alkanes of at least 4 members (excludes halogenated alkanes) is 37. The van der Waals surface area contributed by atoms with Gasteiger partial charge in [-0.2, -0.15) is 0 Å². The van der Waals surface area contributed by atoms with Crippen molar-refractivity contribution in [2.75, 3.05) is 13.2 Å². The molecule has 6 heteroatoms. The number of carbonyl (C=O) groups excluding carboxylic acids is 3. The highest BCUT2D eigenvalue weighted by molar-refractivity contribution is 5.71. The molecule has 0 amide bonds. The first-order chi connectivity index (χ1) is 39.0. The highest BCUT2D eigenvalue weighted by atomic mass is 16.6. The van der Waals surface area contributed by atoms with Crippen LogP contribution in [0.3, 0.4) is 0 Å². The minimum atomic E-state index is -0.797. The molecule has 0 N–H and O–H groups in total. The molecule has 6 nitrogen and oxygen atoms in total. The van der Waals surface area contributed by atoms with Gasteiger partial charge in [0.25, 0.3) is 0 Å². The number of rotatable bonds is 62. The third-order valence-electron chi connectivity index (χ3n) is 14.9. The molecule has 0 aromatic rings. The second-order valence-corrected chi connectivity index (χ2v) is 22.7. The van der Waals surface area contributed by atoms with Crippen molar-refractivity contribution in [2.45, 2.75) is 348 Å². The van der Waals surface area contributed by atoms with Crippen molar-refractivity contribution in [3.05, 3.63) is 85.1 Å². The van der Waals surface area contributed by atoms with Gasteiger partial charge in [-0.3, -0.25) is 14.4 Å². The minimum absolute atomic E-state index is 0.0898. The van der Waals surface area contributed by atoms with Crippen molar-refractivity contribution >= 4 is 17.9 Å². The molecule has 1 atom stereocenters. The molecule has 0 heterocycles. The lowest BCUT2D eigenvalue weighted by Crippen LogP contribution is -2.30. The van der Waals surface area contributed by atoms with E-state index in [1.807, 2.05) is 0 Å². The third kappa shape index (κ3) is 65.3. The summed E-state index contributed by atoms with van der Waals surface area (Å²) in [6, 6.07) is 0. The maximum atomic E-state index is 12.9. The Kier molecular flexibility index (Phi) is 64.2. The summed E-state index contributed by atoms with van der Waals surface area (Å²) in [6.45, 7) is 6.52. The Morgan fingerprint density at radius 1 is 0.266 bits per heavy atom. The molecule has 0 rings (SSSR count). The monoisotopic (exact) mass is 1100 g/mol. The van der Waals surface area contributed by atoms with Gasteiger partial charge in [0, 0.05) is 19.3 Å². The Balaban J connectivity index is 4.29. The largest absolute Gasteiger partial charge is 0.462 e. The van der Waals surface area contributed by atoms with E-state index < -0.39 is 6.10 Å². The second-order valence-electron chi connectivity index (χ2n) is 22.7. The first kappa shape index (κ1) is 75.6. The predicted octanol–water partition coefficient (Wildman–Crippen LogP) is 23.4. The molecule has 0 bridgehead atoms. The van der Waals surface area contributed by atoms with Gasteiger partial charge in [-0.25, -0.2) is 0 Å². The third-order valence-corrected chi connectivity index (χ3v) is 14.9. The minimum Gasteiger partial charge on any atom is -0.462 e. The van der Waals surface area contributed by atoms with E-state index in [1.54, 1.807) is 0 Å². The summed E-state index contributed by atoms with van der Waals surface area (Å²) in [7, 11) is 0. The number of esters is 3. The number of hydrogen-bond acceptors (Lipinski definition) is 6. The maximum absolute atomic E-state index is 12.9. The van der Waals surface area contributed by atoms with Crippen molar-refractivity contribution in [3.63, 3.8) is 0 Å². The molecule has 0 aromatic carbocycles. The van der Waals surface area contributed by atoms with Crippen LogP contribution in [0.4, 0.5) is 0 Å². The van der Waals surface area contributed by atoms with Crippen LogP contribution < -0.4 is 0 Å². The number of allylic oxidation sites excluding steroid dienone is 14. The van der Waals surface area contributed by atoms with E-state index in [9.17, 15) is 14.4 Å². The van der Waals surface area contributed by atoms with Crippen molar-refractivity contribution in [2.24, 2.45) is 0 Å². The van der Waals surface area contributed by atoms with Crippen LogP contribution in [0.15, 0.2) is 85.1 Å². The van der Waals surface area contributed by atoms with Crippen LogP contribution >= 0.6 is 0 Å². The topological polar surface area (TPSA) is 78.9 Å². The predicted molar refractivity (Wildman–Crippen MR) is 344 cm³/mol. The number of ether oxygens (including phenoxy) is 3. The van der Waals surface area contributed by atoms with Crippen LogP contribution in [-0.4, -0.2) is 37.2 Å². The SMILES string of the molecule is CC/C=C\C/C=C\C/C=C\CCCCCC(=O)OCC(COC(=O)CCCCCCCCCCCCCCCCC/C=C\CCCCCCCCCC)OC(=O)CCCCCCCC/C=C\C/C=C\C/C=C\CCCCCCC. The van der Waals surface area contributed by atoms with E-state index in [-0.39, 0.29) is 31.1 Å². The van der Waals surface area contributed by atoms with E-state index in [0.717, 1.165) is 109 Å². The summed E-state index contributed by atoms with van der Waals surface area (Å²) in [5, 5.41) is 0. The normalized spacial score (nSPS) is 12.6. The molecule has 0 aromatic heterocycles. The van der Waals surface area contributed by atoms with Crippen molar-refractivity contribution in [1.82, 2.24) is 0 Å². The standard InChI is InChI=1S/C73H128O6/c1-4-7-10-13-16-19-22-25-27-29-31-33-34-35-36-37-38-40-41-43-45-48-51-54-57-60-63-66-72(75)78-69-70(68-77-71(74)65-62-59-56-53-50-47-24-21-18-15-12-9-6-3)79-73(76)67-64-61-58-55-52-49-46-44-42-39-32-30-28-26-23-20-17-14-11-8-5-2/h9,12,18,21,23,26,29-32,42,44,47,50,70H,4-8,10-11,13-17,19-20,22,24-25,27-28,33-41,43,45-46,48-49,51-69H2,1-3H3/b12-9-,21-18-,26-23-,31-29-,32-30-,44-42-,50-47-. The van der Waals surface area contributed by atoms with Crippen LogP contribution in [0.1, 0.15) is 342 Å². The summed E-state index contributed by atoms with van der Waals surface area (Å²) in [4.78, 5) is 38.3. The van der Waals surface area contributed by atoms with E-state index in [4.69, 9.17) is 14.2 Å². The fraction of sp³-hybridized carbons (Fsp3) is 0.767. The summed E-state index contributed by atoms with van der Waals surface area (Å²) >= 11 is 0. The molecule has 1 unspecified atom stereocenters. The van der Waals surface area contributed by atoms with Gasteiger partial charge >= 0.3 is 17.9 Å². The van der Waals surface area contributed by atoms with E-state index in [1.165, 1.54) is 193 Å². The quantitative estimate of drug-likeness (QED) is 0.0261. The zero-order valence-electron chi connectivity index (χ0n) is 52.4. The zero-order chi connectivity index (χ0) is 57.1. The first-order valence-electron chi connectivity index (χ1n) is 34.1. The van der Waals surface area contributed by atoms with Gasteiger partial charge in [-0.1, -0.05) is 292 Å². The summed E-state index contributed by atoms with van der Waals surface area (Å²) < 4.78 is 16.9. The number of hydrogen-bond donors (Lipinski definition) is 0. The smallest absolute Gasteiger partial charge is 0.306 e. The van der Waals surface area contributed by atoms with Gasteiger partial charge in [0.05, 0.1) is 0 Å². The molecule has 0 aliphatic rings. The van der Waals surface area contributed by atoms with Crippen molar-refractivity contribution < 1.29 is 28.6 Å². The molecule has 0 aliphatic heterocycles. The van der Waals surface area contributed by atoms with E-state index in [2.05, 4.69) is 106 Å². The van der Waals surface area contributed by atoms with Gasteiger partial charge in [0.1, 0.15) is 13.2 Å². The van der Waals surface area contributed by atoms with Crippen LogP contribution in [0, 0.1) is 0 Å². The zero-order valence-corrected chi connectivity index (χ0v) is 52.4. The molecule has 0 spiro atoms. The van der Waals surface area contributed by atoms with E-state index >= 15 is 0 Å². The first-order valence-corrected chi connectivity index (χ1v) is 34.1. The summed E-state index contributed by atoms with van der Waals surface area (Å²) in [5.41, 5.74) is 0. The summed E-state index contributed by atoms with van der Waals surface area (Å²) in [6.07, 6.45) is 89.0. The molecule has 79 heavy (non-hydrogen) atoms. The maximum Gasteiger partial charge on any atom is 0.306 e. The Morgan fingerprint density at radius 2 is 0.494 bits per heavy atom. The van der Waals surface area contributed by atoms with Gasteiger partial charge in [0.2, 0.25) is 0 Å². The Morgan fingerprint density at radius 3 is 0.797 bits per heavy atom. The highest BCUT2D eigenvalue weighted by Gasteiger charge is 2.19. The average Bonchev–Trinajstić information content (AvgIpc) is 3.45. The lowest BCUT2D eigenvalue weighted by Gasteiger charge is -2.18. The molecule has 0 saturated heterocycles. The van der Waals surface area contributed by atoms with Crippen LogP contribution in [-0.2, 0) is 28.6 Å². The average molecular weight is 1100 g/mol. The fourth-order valence-corrected chi connectivity index (χ4v) is 9.76. The summed E-state index contributed by atoms with van der Waals surface area (Å²) in [5.74, 6) is -0.919. The van der Waals surface area contributed by atoms with Gasteiger partial charge < -0.3 is 14.2 Å². The molecular formula is C73H128O6. The fourth-order valence-electron chi connectivity index (χ4n) is 9.76. The number of carbonyl (C=O) groups is 3. The molecular weight excluding hydrogens is 973 g/mol. The van der Waals surface area contributed by atoms with Crippen LogP contribution in [0.2, 0.25) is 0 Å². The second kappa shape index (κ2) is 67.1. The highest BCUT2D eigenvalue weighted by Crippen LogP contribution is 2.17. The lowest BCUT2D eigenvalue weighted by molar-refractivity contribution is -0.167. The van der Waals surface area contributed by atoms with Crippen LogP contribution in [0.25, 0.3) is 0 Å². The van der Waals surface area contributed by atoms with Crippen molar-refractivity contribution in [3.8, 4) is 0 Å². The van der Waals surface area contributed by atoms with Gasteiger partial charge in [-0.05, 0) is 116 Å². The molecule has 0 radical (unpaired) electrons. The van der Waals surface area contributed by atoms with Gasteiger partial charge in [0.15, 0.2) is 6.10 Å². The van der Waals surface area contributed by atoms with E-state index in [0.29, 0.717) is 19.3 Å². The molecule has 0 aliphatic carbocycles. The van der Waals surface area contributed by atoms with Gasteiger partial charge in [-0.15, -0.1) is 0 Å². The van der Waals surface area contributed by atoms with Crippen LogP contribution in [0.5, 0.6) is 0 Å². The molecule has 456 valence electrons. The molecule has 0 saturated carbocycles. The Hall–Kier alpha value is -3.41. The lowest BCUT2D eigenvalue weighted by atomic mass is 10.0.